The van der Waals surface area contributed by atoms with Crippen LogP contribution >= 0.6 is 0 Å². The van der Waals surface area contributed by atoms with Crippen LogP contribution in [0.15, 0.2) is 23.2 Å². The number of methoxy groups -OCH3 is 1. The molecular formula is C17H27F2N3O3. The Labute approximate surface area is 147 Å². The van der Waals surface area contributed by atoms with Crippen LogP contribution in [0.25, 0.3) is 0 Å². The van der Waals surface area contributed by atoms with Gasteiger partial charge in [-0.15, -0.1) is 0 Å². The molecule has 6 nitrogen and oxygen atoms in total. The second-order valence-corrected chi connectivity index (χ2v) is 5.22. The monoisotopic (exact) mass is 359 g/mol. The molecule has 1 aromatic rings. The fraction of sp³-hybridized carbons (Fsp3) is 0.588. The highest BCUT2D eigenvalue weighted by Gasteiger charge is 2.10. The van der Waals surface area contributed by atoms with Gasteiger partial charge in [-0.05, 0) is 19.9 Å². The zero-order valence-electron chi connectivity index (χ0n) is 15.0. The maximum absolute atomic E-state index is 12.5. The molecule has 1 rings (SSSR count). The molecule has 8 heteroatoms. The van der Waals surface area contributed by atoms with Crippen molar-refractivity contribution in [2.45, 2.75) is 27.0 Å². The number of aliphatic imine (C=N–C) groups is 1. The van der Waals surface area contributed by atoms with Gasteiger partial charge in [-0.3, -0.25) is 0 Å². The SMILES string of the molecule is CCNC(=NCc1cc(C)ccc1OC(F)F)NCCOCCOC. The third-order valence-electron chi connectivity index (χ3n) is 3.15. The largest absolute Gasteiger partial charge is 0.434 e. The van der Waals surface area contributed by atoms with Gasteiger partial charge >= 0.3 is 6.61 Å². The summed E-state index contributed by atoms with van der Waals surface area (Å²) in [7, 11) is 1.62. The normalized spacial score (nSPS) is 11.7. The topological polar surface area (TPSA) is 64.1 Å². The maximum atomic E-state index is 12.5. The molecule has 0 aromatic heterocycles. The number of halogens is 2. The van der Waals surface area contributed by atoms with Crippen molar-refractivity contribution in [1.29, 1.82) is 0 Å². The maximum Gasteiger partial charge on any atom is 0.387 e. The van der Waals surface area contributed by atoms with Gasteiger partial charge in [-0.25, -0.2) is 4.99 Å². The summed E-state index contributed by atoms with van der Waals surface area (Å²) in [5.41, 5.74) is 1.56. The van der Waals surface area contributed by atoms with E-state index in [2.05, 4.69) is 20.4 Å². The van der Waals surface area contributed by atoms with Gasteiger partial charge < -0.3 is 24.8 Å². The zero-order valence-corrected chi connectivity index (χ0v) is 15.0. The minimum absolute atomic E-state index is 0.142. The van der Waals surface area contributed by atoms with Crippen molar-refractivity contribution in [3.05, 3.63) is 29.3 Å². The highest BCUT2D eigenvalue weighted by Crippen LogP contribution is 2.22. The molecule has 1 aromatic carbocycles. The lowest BCUT2D eigenvalue weighted by molar-refractivity contribution is -0.0504. The van der Waals surface area contributed by atoms with Gasteiger partial charge in [0.2, 0.25) is 0 Å². The summed E-state index contributed by atoms with van der Waals surface area (Å²) in [6, 6.07) is 5.06. The van der Waals surface area contributed by atoms with Gasteiger partial charge in [0.25, 0.3) is 0 Å². The number of nitrogens with one attached hydrogen (secondary N) is 2. The Kier molecular flexibility index (Phi) is 10.5. The molecule has 0 bridgehead atoms. The molecule has 0 aliphatic rings. The molecule has 0 aliphatic heterocycles. The van der Waals surface area contributed by atoms with E-state index in [4.69, 9.17) is 9.47 Å². The van der Waals surface area contributed by atoms with Crippen LogP contribution in [-0.2, 0) is 16.0 Å². The fourth-order valence-electron chi connectivity index (χ4n) is 2.03. The van der Waals surface area contributed by atoms with Crippen molar-refractivity contribution in [2.75, 3.05) is 40.0 Å². The molecule has 0 unspecified atom stereocenters. The zero-order chi connectivity index (χ0) is 18.5. The van der Waals surface area contributed by atoms with Crippen LogP contribution in [0.4, 0.5) is 8.78 Å². The van der Waals surface area contributed by atoms with Crippen molar-refractivity contribution in [3.8, 4) is 5.75 Å². The van der Waals surface area contributed by atoms with E-state index < -0.39 is 6.61 Å². The smallest absolute Gasteiger partial charge is 0.387 e. The number of hydrogen-bond acceptors (Lipinski definition) is 4. The molecule has 0 amide bonds. The van der Waals surface area contributed by atoms with Gasteiger partial charge in [0.05, 0.1) is 26.4 Å². The molecule has 0 saturated carbocycles. The van der Waals surface area contributed by atoms with Crippen LogP contribution in [0.1, 0.15) is 18.1 Å². The Morgan fingerprint density at radius 1 is 1.20 bits per heavy atom. The van der Waals surface area contributed by atoms with Crippen LogP contribution < -0.4 is 15.4 Å². The number of benzene rings is 1. The van der Waals surface area contributed by atoms with Crippen LogP contribution in [0.5, 0.6) is 5.75 Å². The summed E-state index contributed by atoms with van der Waals surface area (Å²) in [5.74, 6) is 0.727. The van der Waals surface area contributed by atoms with Gasteiger partial charge in [0.15, 0.2) is 5.96 Å². The van der Waals surface area contributed by atoms with Gasteiger partial charge in [0.1, 0.15) is 5.75 Å². The van der Waals surface area contributed by atoms with Crippen molar-refractivity contribution in [1.82, 2.24) is 10.6 Å². The summed E-state index contributed by atoms with van der Waals surface area (Å²) in [4.78, 5) is 4.42. The Morgan fingerprint density at radius 3 is 2.68 bits per heavy atom. The average Bonchev–Trinajstić information content (AvgIpc) is 2.57. The molecule has 2 N–H and O–H groups in total. The highest BCUT2D eigenvalue weighted by atomic mass is 19.3. The van der Waals surface area contributed by atoms with E-state index in [0.29, 0.717) is 44.4 Å². The predicted octanol–water partition coefficient (Wildman–Crippen LogP) is 2.31. The van der Waals surface area contributed by atoms with E-state index in [1.54, 1.807) is 19.2 Å². The van der Waals surface area contributed by atoms with Crippen LogP contribution in [-0.4, -0.2) is 52.6 Å². The lowest BCUT2D eigenvalue weighted by atomic mass is 10.1. The Hall–Kier alpha value is -1.93. The molecule has 0 fully saturated rings. The average molecular weight is 359 g/mol. The Morgan fingerprint density at radius 2 is 2.00 bits per heavy atom. The molecule has 25 heavy (non-hydrogen) atoms. The first-order valence-electron chi connectivity index (χ1n) is 8.20. The molecule has 0 atom stereocenters. The molecule has 0 spiro atoms. The van der Waals surface area contributed by atoms with E-state index in [1.165, 1.54) is 6.07 Å². The van der Waals surface area contributed by atoms with E-state index in [-0.39, 0.29) is 12.3 Å². The lowest BCUT2D eigenvalue weighted by Crippen LogP contribution is -2.39. The molecule has 142 valence electrons. The van der Waals surface area contributed by atoms with Crippen molar-refractivity contribution < 1.29 is 23.0 Å². The highest BCUT2D eigenvalue weighted by molar-refractivity contribution is 5.79. The molecule has 0 radical (unpaired) electrons. The fourth-order valence-corrected chi connectivity index (χ4v) is 2.03. The summed E-state index contributed by atoms with van der Waals surface area (Å²) in [5, 5.41) is 6.23. The first-order valence-corrected chi connectivity index (χ1v) is 8.20. The number of ether oxygens (including phenoxy) is 3. The van der Waals surface area contributed by atoms with Gasteiger partial charge in [0, 0.05) is 25.8 Å². The van der Waals surface area contributed by atoms with Crippen molar-refractivity contribution in [3.63, 3.8) is 0 Å². The van der Waals surface area contributed by atoms with E-state index >= 15 is 0 Å². The standard InChI is InChI=1S/C17H27F2N3O3/c1-4-20-17(21-7-8-24-10-9-23-3)22-12-14-11-13(2)5-6-15(14)25-16(18)19/h5-6,11,16H,4,7-10,12H2,1-3H3,(H2,20,21,22). The number of nitrogens with zero attached hydrogens (tertiary/aromatic N) is 1. The van der Waals surface area contributed by atoms with Crippen LogP contribution in [0.3, 0.4) is 0 Å². The molecular weight excluding hydrogens is 332 g/mol. The first-order chi connectivity index (χ1) is 12.1. The molecule has 0 saturated heterocycles. The van der Waals surface area contributed by atoms with Crippen LogP contribution in [0, 0.1) is 6.92 Å². The summed E-state index contributed by atoms with van der Waals surface area (Å²) in [6.45, 7) is 4.05. The van der Waals surface area contributed by atoms with Crippen molar-refractivity contribution in [2.24, 2.45) is 4.99 Å². The quantitative estimate of drug-likeness (QED) is 0.361. The van der Waals surface area contributed by atoms with Crippen LogP contribution in [0.2, 0.25) is 0 Å². The molecule has 0 heterocycles. The predicted molar refractivity (Wildman–Crippen MR) is 93.3 cm³/mol. The summed E-state index contributed by atoms with van der Waals surface area (Å²) >= 11 is 0. The Balaban J connectivity index is 2.62. The first kappa shape index (κ1) is 21.1. The van der Waals surface area contributed by atoms with Gasteiger partial charge in [-0.2, -0.15) is 8.78 Å². The van der Waals surface area contributed by atoms with E-state index in [0.717, 1.165) is 5.56 Å². The number of hydrogen-bond donors (Lipinski definition) is 2. The molecule has 0 aliphatic carbocycles. The van der Waals surface area contributed by atoms with E-state index in [1.807, 2.05) is 13.8 Å². The minimum Gasteiger partial charge on any atom is -0.434 e. The second-order valence-electron chi connectivity index (χ2n) is 5.22. The third kappa shape index (κ3) is 9.21. The Bertz CT molecular complexity index is 528. The van der Waals surface area contributed by atoms with Gasteiger partial charge in [-0.1, -0.05) is 17.7 Å². The number of rotatable bonds is 11. The van der Waals surface area contributed by atoms with E-state index in [9.17, 15) is 8.78 Å². The minimum atomic E-state index is -2.86. The number of alkyl halides is 2. The summed E-state index contributed by atoms with van der Waals surface area (Å²) < 4.78 is 39.8. The summed E-state index contributed by atoms with van der Waals surface area (Å²) in [6.07, 6.45) is 0. The van der Waals surface area contributed by atoms with Crippen molar-refractivity contribution >= 4 is 5.96 Å². The third-order valence-corrected chi connectivity index (χ3v) is 3.15. The number of guanidine groups is 1. The lowest BCUT2D eigenvalue weighted by Gasteiger charge is -2.13. The number of aryl methyl sites for hydroxylation is 1. The second kappa shape index (κ2) is 12.4.